The van der Waals surface area contributed by atoms with Gasteiger partial charge in [0, 0.05) is 19.5 Å². The number of aliphatic imine (C=N–C) groups is 1. The first-order valence-corrected chi connectivity index (χ1v) is 5.31. The van der Waals surface area contributed by atoms with Crippen molar-refractivity contribution < 1.29 is 0 Å². The second-order valence-electron chi connectivity index (χ2n) is 4.96. The lowest BCUT2D eigenvalue weighted by molar-refractivity contribution is 0.249. The molecule has 3 nitrogen and oxygen atoms in total. The lowest BCUT2D eigenvalue weighted by Gasteiger charge is -2.26. The van der Waals surface area contributed by atoms with Crippen LogP contribution in [0.4, 0.5) is 0 Å². The van der Waals surface area contributed by atoms with E-state index in [4.69, 9.17) is 5.73 Å². The van der Waals surface area contributed by atoms with E-state index in [1.165, 1.54) is 0 Å². The molecule has 14 heavy (non-hydrogen) atoms. The molecule has 0 bridgehead atoms. The second-order valence-corrected chi connectivity index (χ2v) is 4.96. The van der Waals surface area contributed by atoms with Gasteiger partial charge in [-0.15, -0.1) is 0 Å². The van der Waals surface area contributed by atoms with Crippen LogP contribution >= 0.6 is 0 Å². The van der Waals surface area contributed by atoms with Gasteiger partial charge < -0.3 is 10.6 Å². The summed E-state index contributed by atoms with van der Waals surface area (Å²) in [7, 11) is 4.17. The van der Waals surface area contributed by atoms with Gasteiger partial charge in [0.15, 0.2) is 0 Å². The predicted octanol–water partition coefficient (Wildman–Crippen LogP) is 1.73. The quantitative estimate of drug-likeness (QED) is 0.523. The molecule has 0 saturated carbocycles. The maximum Gasteiger partial charge on any atom is 0.0937 e. The third-order valence-electron chi connectivity index (χ3n) is 1.96. The van der Waals surface area contributed by atoms with Gasteiger partial charge >= 0.3 is 0 Å². The summed E-state index contributed by atoms with van der Waals surface area (Å²) in [5.74, 6) is 0.791. The van der Waals surface area contributed by atoms with Crippen LogP contribution in [0, 0.1) is 5.41 Å². The highest BCUT2D eigenvalue weighted by atomic mass is 15.1. The van der Waals surface area contributed by atoms with Gasteiger partial charge in [0.25, 0.3) is 0 Å². The Labute approximate surface area is 88.4 Å². The molecule has 0 aliphatic heterocycles. The normalized spacial score (nSPS) is 13.7. The Balaban J connectivity index is 4.02. The molecular weight excluding hydrogens is 174 g/mol. The Morgan fingerprint density at radius 2 is 1.93 bits per heavy atom. The van der Waals surface area contributed by atoms with Crippen molar-refractivity contribution in [3.63, 3.8) is 0 Å². The molecule has 0 atom stereocenters. The molecule has 84 valence electrons. The average Bonchev–Trinajstić information content (AvgIpc) is 1.99. The highest BCUT2D eigenvalue weighted by molar-refractivity contribution is 5.80. The van der Waals surface area contributed by atoms with E-state index >= 15 is 0 Å². The summed E-state index contributed by atoms with van der Waals surface area (Å²) in [4.78, 5) is 6.59. The van der Waals surface area contributed by atoms with Crippen molar-refractivity contribution in [3.8, 4) is 0 Å². The van der Waals surface area contributed by atoms with Crippen molar-refractivity contribution in [1.29, 1.82) is 0 Å². The van der Waals surface area contributed by atoms with Crippen LogP contribution in [0.25, 0.3) is 0 Å². The maximum absolute atomic E-state index is 5.76. The minimum Gasteiger partial charge on any atom is -0.387 e. The molecule has 0 radical (unpaired) electrons. The lowest BCUT2D eigenvalue weighted by Crippen LogP contribution is -2.31. The summed E-state index contributed by atoms with van der Waals surface area (Å²) >= 11 is 0. The molecule has 0 rings (SSSR count). The zero-order chi connectivity index (χ0) is 11.2. The van der Waals surface area contributed by atoms with E-state index in [9.17, 15) is 0 Å². The minimum absolute atomic E-state index is 0.210. The largest absolute Gasteiger partial charge is 0.387 e. The smallest absolute Gasteiger partial charge is 0.0937 e. The van der Waals surface area contributed by atoms with Crippen LogP contribution in [0.3, 0.4) is 0 Å². The van der Waals surface area contributed by atoms with Crippen LogP contribution in [0.2, 0.25) is 0 Å². The first kappa shape index (κ1) is 13.4. The molecule has 2 N–H and O–H groups in total. The predicted molar refractivity (Wildman–Crippen MR) is 63.7 cm³/mol. The summed E-state index contributed by atoms with van der Waals surface area (Å²) in [6.45, 7) is 8.41. The molecule has 0 amide bonds. The van der Waals surface area contributed by atoms with Gasteiger partial charge in [0.2, 0.25) is 0 Å². The van der Waals surface area contributed by atoms with Gasteiger partial charge in [-0.3, -0.25) is 4.99 Å². The van der Waals surface area contributed by atoms with Gasteiger partial charge in [0.05, 0.1) is 5.84 Å². The third kappa shape index (κ3) is 6.89. The van der Waals surface area contributed by atoms with Crippen LogP contribution < -0.4 is 5.73 Å². The molecule has 0 unspecified atom stereocenters. The van der Waals surface area contributed by atoms with Crippen molar-refractivity contribution in [3.05, 3.63) is 0 Å². The third-order valence-corrected chi connectivity index (χ3v) is 1.96. The Morgan fingerprint density at radius 1 is 1.36 bits per heavy atom. The Bertz CT molecular complexity index is 183. The average molecular weight is 199 g/mol. The van der Waals surface area contributed by atoms with Crippen molar-refractivity contribution >= 4 is 5.84 Å². The Morgan fingerprint density at radius 3 is 2.36 bits per heavy atom. The standard InChI is InChI=1S/C11H25N3/c1-6-7-10(12)13-8-11(2,3)9-14(4)5/h6-9H2,1-5H3,(H2,12,13). The van der Waals surface area contributed by atoms with Crippen molar-refractivity contribution in [2.45, 2.75) is 33.6 Å². The molecule has 0 aromatic rings. The fraction of sp³-hybridized carbons (Fsp3) is 0.909. The summed E-state index contributed by atoms with van der Waals surface area (Å²) in [6, 6.07) is 0. The van der Waals surface area contributed by atoms with E-state index in [1.807, 2.05) is 0 Å². The van der Waals surface area contributed by atoms with Gasteiger partial charge in [0.1, 0.15) is 0 Å². The second kappa shape index (κ2) is 6.02. The van der Waals surface area contributed by atoms with Gasteiger partial charge in [-0.2, -0.15) is 0 Å². The van der Waals surface area contributed by atoms with Crippen molar-refractivity contribution in [2.75, 3.05) is 27.2 Å². The fourth-order valence-electron chi connectivity index (χ4n) is 1.56. The number of nitrogens with two attached hydrogens (primary N) is 1. The van der Waals surface area contributed by atoms with E-state index in [0.29, 0.717) is 0 Å². The molecule has 0 spiro atoms. The summed E-state index contributed by atoms with van der Waals surface area (Å²) in [5.41, 5.74) is 5.97. The molecular formula is C11H25N3. The number of amidine groups is 1. The molecule has 0 aliphatic carbocycles. The molecule has 0 heterocycles. The highest BCUT2D eigenvalue weighted by Gasteiger charge is 2.18. The molecule has 3 heteroatoms. The molecule has 0 aromatic carbocycles. The van der Waals surface area contributed by atoms with E-state index in [2.05, 4.69) is 44.8 Å². The number of hydrogen-bond acceptors (Lipinski definition) is 2. The summed E-state index contributed by atoms with van der Waals surface area (Å²) < 4.78 is 0. The summed E-state index contributed by atoms with van der Waals surface area (Å²) in [6.07, 6.45) is 1.99. The van der Waals surface area contributed by atoms with Gasteiger partial charge in [-0.05, 0) is 25.9 Å². The molecule has 0 aliphatic rings. The van der Waals surface area contributed by atoms with Crippen LogP contribution in [-0.2, 0) is 0 Å². The van der Waals surface area contributed by atoms with Crippen molar-refractivity contribution in [2.24, 2.45) is 16.1 Å². The summed E-state index contributed by atoms with van der Waals surface area (Å²) in [5, 5.41) is 0. The van der Waals surface area contributed by atoms with Crippen LogP contribution in [0.15, 0.2) is 4.99 Å². The number of rotatable bonds is 6. The molecule has 0 aromatic heterocycles. The van der Waals surface area contributed by atoms with E-state index in [0.717, 1.165) is 31.8 Å². The first-order valence-electron chi connectivity index (χ1n) is 5.31. The maximum atomic E-state index is 5.76. The van der Waals surface area contributed by atoms with Crippen LogP contribution in [0.1, 0.15) is 33.6 Å². The highest BCUT2D eigenvalue weighted by Crippen LogP contribution is 2.16. The zero-order valence-corrected chi connectivity index (χ0v) is 10.3. The zero-order valence-electron chi connectivity index (χ0n) is 10.3. The minimum atomic E-state index is 0.210. The van der Waals surface area contributed by atoms with E-state index in [1.54, 1.807) is 0 Å². The van der Waals surface area contributed by atoms with Crippen LogP contribution in [-0.4, -0.2) is 37.9 Å². The monoisotopic (exact) mass is 199 g/mol. The van der Waals surface area contributed by atoms with Gasteiger partial charge in [-0.25, -0.2) is 0 Å². The van der Waals surface area contributed by atoms with E-state index in [-0.39, 0.29) is 5.41 Å². The topological polar surface area (TPSA) is 41.6 Å². The fourth-order valence-corrected chi connectivity index (χ4v) is 1.56. The molecule has 0 saturated heterocycles. The Hall–Kier alpha value is -0.570. The van der Waals surface area contributed by atoms with Crippen LogP contribution in [0.5, 0.6) is 0 Å². The number of hydrogen-bond donors (Lipinski definition) is 1. The lowest BCUT2D eigenvalue weighted by atomic mass is 9.93. The van der Waals surface area contributed by atoms with Crippen molar-refractivity contribution in [1.82, 2.24) is 4.90 Å². The van der Waals surface area contributed by atoms with Gasteiger partial charge in [-0.1, -0.05) is 20.8 Å². The Kier molecular flexibility index (Phi) is 5.77. The SMILES string of the molecule is CCCC(N)=NCC(C)(C)CN(C)C. The first-order chi connectivity index (χ1) is 6.37. The number of nitrogens with zero attached hydrogens (tertiary/aromatic N) is 2. The molecule has 0 fully saturated rings. The van der Waals surface area contributed by atoms with E-state index < -0.39 is 0 Å².